The van der Waals surface area contributed by atoms with Gasteiger partial charge in [-0.1, -0.05) is 36.8 Å². The van der Waals surface area contributed by atoms with Crippen LogP contribution in [0.25, 0.3) is 0 Å². The number of likely N-dealkylation sites (tertiary alicyclic amines) is 1. The molecule has 0 bridgehead atoms. The van der Waals surface area contributed by atoms with Crippen LogP contribution in [0.1, 0.15) is 42.9 Å². The number of nitrogens with zero attached hydrogens (tertiary/aromatic N) is 2. The second-order valence-electron chi connectivity index (χ2n) is 8.10. The molecule has 6 nitrogen and oxygen atoms in total. The molecule has 168 valence electrons. The Hall–Kier alpha value is -2.73. The fraction of sp³-hybridized carbons (Fsp3) is 0.480. The van der Waals surface area contributed by atoms with Gasteiger partial charge in [0.25, 0.3) is 0 Å². The van der Waals surface area contributed by atoms with Gasteiger partial charge in [0.2, 0.25) is 0 Å². The van der Waals surface area contributed by atoms with Crippen molar-refractivity contribution in [3.05, 3.63) is 59.2 Å². The van der Waals surface area contributed by atoms with E-state index >= 15 is 0 Å². The van der Waals surface area contributed by atoms with E-state index in [2.05, 4.69) is 51.7 Å². The monoisotopic (exact) mass is 424 g/mol. The van der Waals surface area contributed by atoms with Gasteiger partial charge in [-0.15, -0.1) is 0 Å². The number of benzene rings is 2. The highest BCUT2D eigenvalue weighted by atomic mass is 16.5. The van der Waals surface area contributed by atoms with Gasteiger partial charge in [-0.3, -0.25) is 9.89 Å². The Labute approximate surface area is 186 Å². The molecule has 0 aromatic heterocycles. The molecular formula is C25H36N4O2. The molecule has 0 saturated carbocycles. The first kappa shape index (κ1) is 22.9. The van der Waals surface area contributed by atoms with E-state index in [1.165, 1.54) is 36.9 Å². The number of guanidine groups is 1. The molecule has 0 aliphatic carbocycles. The van der Waals surface area contributed by atoms with Gasteiger partial charge in [-0.25, -0.2) is 0 Å². The molecule has 0 radical (unpaired) electrons. The number of methoxy groups -OCH3 is 2. The lowest BCUT2D eigenvalue weighted by molar-refractivity contribution is 0.152. The van der Waals surface area contributed by atoms with Crippen LogP contribution in [0.15, 0.2) is 47.5 Å². The van der Waals surface area contributed by atoms with Crippen molar-refractivity contribution in [3.8, 4) is 11.5 Å². The number of hydrogen-bond acceptors (Lipinski definition) is 4. The minimum atomic E-state index is 0.646. The SMILES string of the molecule is CN=C(NCc1ccc(CN2CCCCC2C)cc1)NCc1ccc(OC)c(OC)c1. The van der Waals surface area contributed by atoms with Crippen LogP contribution in [0.4, 0.5) is 0 Å². The molecule has 2 aromatic carbocycles. The van der Waals surface area contributed by atoms with Crippen LogP contribution in [-0.4, -0.2) is 44.7 Å². The third kappa shape index (κ3) is 6.62. The molecule has 1 aliphatic rings. The second kappa shape index (κ2) is 11.6. The van der Waals surface area contributed by atoms with E-state index in [1.54, 1.807) is 21.3 Å². The molecule has 31 heavy (non-hydrogen) atoms. The van der Waals surface area contributed by atoms with Crippen LogP contribution in [0.5, 0.6) is 11.5 Å². The van der Waals surface area contributed by atoms with E-state index in [4.69, 9.17) is 9.47 Å². The predicted octanol–water partition coefficient (Wildman–Crippen LogP) is 3.94. The molecular weight excluding hydrogens is 388 g/mol. The molecule has 2 N–H and O–H groups in total. The first-order valence-corrected chi connectivity index (χ1v) is 11.1. The van der Waals surface area contributed by atoms with Crippen LogP contribution in [-0.2, 0) is 19.6 Å². The third-order valence-electron chi connectivity index (χ3n) is 5.94. The molecule has 0 amide bonds. The number of rotatable bonds is 8. The van der Waals surface area contributed by atoms with E-state index in [9.17, 15) is 0 Å². The van der Waals surface area contributed by atoms with Crippen molar-refractivity contribution in [2.75, 3.05) is 27.8 Å². The van der Waals surface area contributed by atoms with Gasteiger partial charge >= 0.3 is 0 Å². The van der Waals surface area contributed by atoms with Crippen LogP contribution < -0.4 is 20.1 Å². The lowest BCUT2D eigenvalue weighted by atomic mass is 10.0. The summed E-state index contributed by atoms with van der Waals surface area (Å²) in [6.07, 6.45) is 4.00. The van der Waals surface area contributed by atoms with E-state index in [0.29, 0.717) is 12.6 Å². The van der Waals surface area contributed by atoms with Crippen LogP contribution in [0.3, 0.4) is 0 Å². The number of ether oxygens (including phenoxy) is 2. The van der Waals surface area contributed by atoms with Gasteiger partial charge in [0.15, 0.2) is 17.5 Å². The Bertz CT molecular complexity index is 851. The van der Waals surface area contributed by atoms with Crippen molar-refractivity contribution >= 4 is 5.96 Å². The molecule has 1 saturated heterocycles. The number of piperidine rings is 1. The zero-order chi connectivity index (χ0) is 22.1. The second-order valence-corrected chi connectivity index (χ2v) is 8.10. The number of aliphatic imine (C=N–C) groups is 1. The smallest absolute Gasteiger partial charge is 0.191 e. The lowest BCUT2D eigenvalue weighted by Gasteiger charge is -2.33. The fourth-order valence-corrected chi connectivity index (χ4v) is 3.97. The molecule has 1 aliphatic heterocycles. The largest absolute Gasteiger partial charge is 0.493 e. The quantitative estimate of drug-likeness (QED) is 0.497. The number of hydrogen-bond donors (Lipinski definition) is 2. The molecule has 1 unspecified atom stereocenters. The molecule has 6 heteroatoms. The zero-order valence-corrected chi connectivity index (χ0v) is 19.3. The highest BCUT2D eigenvalue weighted by Crippen LogP contribution is 2.27. The zero-order valence-electron chi connectivity index (χ0n) is 19.3. The molecule has 1 fully saturated rings. The van der Waals surface area contributed by atoms with Gasteiger partial charge in [-0.05, 0) is 55.1 Å². The van der Waals surface area contributed by atoms with Gasteiger partial charge in [-0.2, -0.15) is 0 Å². The van der Waals surface area contributed by atoms with Crippen molar-refractivity contribution in [1.82, 2.24) is 15.5 Å². The Balaban J connectivity index is 1.48. The van der Waals surface area contributed by atoms with Gasteiger partial charge < -0.3 is 20.1 Å². The van der Waals surface area contributed by atoms with Crippen LogP contribution in [0.2, 0.25) is 0 Å². The van der Waals surface area contributed by atoms with Crippen molar-refractivity contribution in [3.63, 3.8) is 0 Å². The van der Waals surface area contributed by atoms with E-state index in [-0.39, 0.29) is 0 Å². The topological polar surface area (TPSA) is 58.1 Å². The summed E-state index contributed by atoms with van der Waals surface area (Å²) < 4.78 is 10.7. The Morgan fingerprint density at radius 1 is 0.935 bits per heavy atom. The molecule has 3 rings (SSSR count). The first-order chi connectivity index (χ1) is 15.1. The highest BCUT2D eigenvalue weighted by molar-refractivity contribution is 5.79. The van der Waals surface area contributed by atoms with Crippen molar-refractivity contribution in [1.29, 1.82) is 0 Å². The van der Waals surface area contributed by atoms with E-state index < -0.39 is 0 Å². The van der Waals surface area contributed by atoms with Gasteiger partial charge in [0.05, 0.1) is 14.2 Å². The van der Waals surface area contributed by atoms with E-state index in [1.807, 2.05) is 18.2 Å². The maximum atomic E-state index is 5.38. The average molecular weight is 425 g/mol. The lowest BCUT2D eigenvalue weighted by Crippen LogP contribution is -2.37. The summed E-state index contributed by atoms with van der Waals surface area (Å²) in [5, 5.41) is 6.74. The summed E-state index contributed by atoms with van der Waals surface area (Å²) in [7, 11) is 5.07. The van der Waals surface area contributed by atoms with Gasteiger partial charge in [0, 0.05) is 32.7 Å². The average Bonchev–Trinajstić information content (AvgIpc) is 2.81. The third-order valence-corrected chi connectivity index (χ3v) is 5.94. The summed E-state index contributed by atoms with van der Waals surface area (Å²) in [5.41, 5.74) is 3.72. The van der Waals surface area contributed by atoms with Crippen molar-refractivity contribution in [2.24, 2.45) is 4.99 Å². The normalized spacial score (nSPS) is 17.3. The maximum absolute atomic E-state index is 5.38. The summed E-state index contributed by atoms with van der Waals surface area (Å²) in [6.45, 7) is 5.98. The maximum Gasteiger partial charge on any atom is 0.191 e. The minimum absolute atomic E-state index is 0.646. The standard InChI is InChI=1S/C25H36N4O2/c1-19-7-5-6-14-29(19)18-21-10-8-20(9-11-21)16-27-25(26-2)28-17-22-12-13-23(30-3)24(15-22)31-4/h8-13,15,19H,5-7,14,16-18H2,1-4H3,(H2,26,27,28). The predicted molar refractivity (Wildman–Crippen MR) is 127 cm³/mol. The molecule has 2 aromatic rings. The summed E-state index contributed by atoms with van der Waals surface area (Å²) in [5.74, 6) is 2.22. The first-order valence-electron chi connectivity index (χ1n) is 11.1. The number of nitrogens with one attached hydrogen (secondary N) is 2. The minimum Gasteiger partial charge on any atom is -0.493 e. The molecule has 1 atom stereocenters. The molecule has 1 heterocycles. The summed E-state index contributed by atoms with van der Waals surface area (Å²) in [4.78, 5) is 6.92. The van der Waals surface area contributed by atoms with Gasteiger partial charge in [0.1, 0.15) is 0 Å². The van der Waals surface area contributed by atoms with Crippen molar-refractivity contribution < 1.29 is 9.47 Å². The Morgan fingerprint density at radius 3 is 2.23 bits per heavy atom. The molecule has 0 spiro atoms. The van der Waals surface area contributed by atoms with Crippen LogP contribution in [0, 0.1) is 0 Å². The highest BCUT2D eigenvalue weighted by Gasteiger charge is 2.17. The summed E-state index contributed by atoms with van der Waals surface area (Å²) >= 11 is 0. The van der Waals surface area contributed by atoms with E-state index in [0.717, 1.165) is 36.1 Å². The van der Waals surface area contributed by atoms with Crippen LogP contribution >= 0.6 is 0 Å². The Kier molecular flexibility index (Phi) is 8.59. The summed E-state index contributed by atoms with van der Waals surface area (Å²) in [6, 6.07) is 15.5. The Morgan fingerprint density at radius 2 is 1.58 bits per heavy atom. The fourth-order valence-electron chi connectivity index (χ4n) is 3.97. The van der Waals surface area contributed by atoms with Crippen molar-refractivity contribution in [2.45, 2.75) is 51.9 Å².